The molecule has 49 heavy (non-hydrogen) atoms. The summed E-state index contributed by atoms with van der Waals surface area (Å²) in [6, 6.07) is 24.6. The van der Waals surface area contributed by atoms with Crippen molar-refractivity contribution in [2.75, 3.05) is 13.1 Å². The molecule has 7 nitrogen and oxygen atoms in total. The number of hydrogen-bond donors (Lipinski definition) is 2. The van der Waals surface area contributed by atoms with Gasteiger partial charge in [-0.1, -0.05) is 72.3 Å². The number of carbonyl (C=O) groups excluding carboxylic acids is 2. The monoisotopic (exact) mass is 658 g/mol. The van der Waals surface area contributed by atoms with Gasteiger partial charge in [-0.15, -0.1) is 0 Å². The largest absolute Gasteiger partial charge is 0.507 e. The first-order chi connectivity index (χ1) is 23.7. The third kappa shape index (κ3) is 6.79. The van der Waals surface area contributed by atoms with Gasteiger partial charge in [0.25, 0.3) is 0 Å². The molecule has 7 rings (SSSR count). The molecule has 0 bridgehead atoms. The number of piperidine rings is 1. The number of amides is 2. The normalized spacial score (nSPS) is 25.2. The summed E-state index contributed by atoms with van der Waals surface area (Å²) in [4.78, 5) is 32.3. The van der Waals surface area contributed by atoms with Crippen LogP contribution in [-0.4, -0.2) is 64.1 Å². The predicted octanol–water partition coefficient (Wildman–Crippen LogP) is 6.81. The molecule has 3 aromatic rings. The van der Waals surface area contributed by atoms with E-state index in [1.165, 1.54) is 5.56 Å². The van der Waals surface area contributed by atoms with E-state index in [1.54, 1.807) is 4.90 Å². The molecule has 4 aliphatic rings. The van der Waals surface area contributed by atoms with Crippen LogP contribution in [0.4, 0.5) is 0 Å². The highest BCUT2D eigenvalue weighted by Gasteiger charge is 2.58. The Morgan fingerprint density at radius 3 is 2.24 bits per heavy atom. The maximum Gasteiger partial charge on any atom is 0.455 e. The molecule has 0 saturated carbocycles. The number of aromatic hydroxyl groups is 1. The summed E-state index contributed by atoms with van der Waals surface area (Å²) in [5.74, 6) is -0.779. The molecular weight excluding hydrogens is 611 g/mol. The lowest BCUT2D eigenvalue weighted by Gasteiger charge is -2.42. The predicted molar refractivity (Wildman–Crippen MR) is 193 cm³/mol. The zero-order valence-electron chi connectivity index (χ0n) is 28.8. The fraction of sp³-hybridized carbons (Fsp3) is 0.415. The van der Waals surface area contributed by atoms with Crippen LogP contribution < -0.4 is 0 Å². The Labute approximate surface area is 290 Å². The molecule has 3 saturated heterocycles. The van der Waals surface area contributed by atoms with E-state index in [0.29, 0.717) is 31.3 Å². The average molecular weight is 659 g/mol. The number of phenolic OH excluding ortho intramolecular Hbond substituents is 1. The van der Waals surface area contributed by atoms with E-state index < -0.39 is 13.0 Å². The van der Waals surface area contributed by atoms with Crippen molar-refractivity contribution in [3.8, 4) is 5.75 Å². The first-order valence-corrected chi connectivity index (χ1v) is 17.9. The number of phenols is 1. The summed E-state index contributed by atoms with van der Waals surface area (Å²) in [5, 5.41) is 21.4. The number of rotatable bonds is 8. The Kier molecular flexibility index (Phi) is 9.65. The molecular formula is C41H47BN2O5. The van der Waals surface area contributed by atoms with E-state index in [2.05, 4.69) is 54.3 Å². The van der Waals surface area contributed by atoms with Gasteiger partial charge in [-0.3, -0.25) is 19.4 Å². The fourth-order valence-corrected chi connectivity index (χ4v) is 8.99. The highest BCUT2D eigenvalue weighted by Crippen LogP contribution is 2.51. The van der Waals surface area contributed by atoms with E-state index in [0.717, 1.165) is 71.4 Å². The SMILES string of the molecule is CC1=C2[C@@H](CC/C(=C/c3cc(C)c(O)c(C)c3)c3ccccc3)OB(O)C[C@@H]2[C@@H]2C(=O)N(C3CCN(Cc4ccccc4)CC3)C(=O)[C@@H]2C1. The molecule has 3 aliphatic heterocycles. The van der Waals surface area contributed by atoms with Crippen molar-refractivity contribution in [3.63, 3.8) is 0 Å². The second-order valence-corrected chi connectivity index (χ2v) is 14.6. The van der Waals surface area contributed by atoms with E-state index >= 15 is 0 Å². The van der Waals surface area contributed by atoms with E-state index in [4.69, 9.17) is 4.65 Å². The summed E-state index contributed by atoms with van der Waals surface area (Å²) < 4.78 is 6.25. The number of hydrogen-bond acceptors (Lipinski definition) is 6. The Morgan fingerprint density at radius 1 is 0.918 bits per heavy atom. The van der Waals surface area contributed by atoms with Gasteiger partial charge in [0, 0.05) is 25.7 Å². The van der Waals surface area contributed by atoms with Gasteiger partial charge < -0.3 is 14.8 Å². The van der Waals surface area contributed by atoms with Crippen molar-refractivity contribution in [2.45, 2.75) is 77.9 Å². The Bertz CT molecular complexity index is 1740. The molecule has 4 atom stereocenters. The third-order valence-electron chi connectivity index (χ3n) is 11.3. The molecule has 8 heteroatoms. The molecule has 254 valence electrons. The number of benzene rings is 3. The van der Waals surface area contributed by atoms with Gasteiger partial charge in [0.15, 0.2) is 0 Å². The zero-order valence-corrected chi connectivity index (χ0v) is 28.8. The first kappa shape index (κ1) is 33.5. The number of aryl methyl sites for hydroxylation is 2. The van der Waals surface area contributed by atoms with Crippen LogP contribution in [0.15, 0.2) is 83.9 Å². The molecule has 2 amide bonds. The van der Waals surface area contributed by atoms with Crippen LogP contribution in [0.3, 0.4) is 0 Å². The summed E-state index contributed by atoms with van der Waals surface area (Å²) >= 11 is 0. The molecule has 0 aromatic heterocycles. The number of fused-ring (bicyclic) bond motifs is 3. The van der Waals surface area contributed by atoms with Gasteiger partial charge in [0.1, 0.15) is 5.75 Å². The zero-order chi connectivity index (χ0) is 34.2. The summed E-state index contributed by atoms with van der Waals surface area (Å²) in [5.41, 5.74) is 8.44. The molecule has 3 aromatic carbocycles. The van der Waals surface area contributed by atoms with Crippen LogP contribution in [0, 0.1) is 31.6 Å². The minimum atomic E-state index is -0.991. The fourth-order valence-electron chi connectivity index (χ4n) is 8.99. The van der Waals surface area contributed by atoms with Crippen LogP contribution in [0.5, 0.6) is 5.75 Å². The van der Waals surface area contributed by atoms with Crippen molar-refractivity contribution in [1.29, 1.82) is 0 Å². The summed E-state index contributed by atoms with van der Waals surface area (Å²) in [6.07, 6.45) is 5.63. The molecule has 3 fully saturated rings. The Hall–Kier alpha value is -3.98. The van der Waals surface area contributed by atoms with Gasteiger partial charge >= 0.3 is 7.12 Å². The van der Waals surface area contributed by atoms with Gasteiger partial charge in [-0.05, 0) is 116 Å². The van der Waals surface area contributed by atoms with Crippen LogP contribution in [-0.2, 0) is 20.8 Å². The molecule has 0 unspecified atom stereocenters. The average Bonchev–Trinajstić information content (AvgIpc) is 3.35. The van der Waals surface area contributed by atoms with Gasteiger partial charge in [0.05, 0.1) is 17.9 Å². The van der Waals surface area contributed by atoms with E-state index in [1.807, 2.05) is 50.2 Å². The quantitative estimate of drug-likeness (QED) is 0.120. The summed E-state index contributed by atoms with van der Waals surface area (Å²) in [7, 11) is -0.991. The molecule has 0 spiro atoms. The van der Waals surface area contributed by atoms with Crippen molar-refractivity contribution in [3.05, 3.63) is 112 Å². The van der Waals surface area contributed by atoms with Gasteiger partial charge in [-0.25, -0.2) is 0 Å². The molecule has 1 aliphatic carbocycles. The van der Waals surface area contributed by atoms with Crippen molar-refractivity contribution in [1.82, 2.24) is 9.80 Å². The van der Waals surface area contributed by atoms with Crippen LogP contribution in [0.2, 0.25) is 6.32 Å². The maximum atomic E-state index is 14.2. The molecule has 2 N–H and O–H groups in total. The minimum absolute atomic E-state index is 0.0266. The lowest BCUT2D eigenvalue weighted by Crippen LogP contribution is -2.48. The first-order valence-electron chi connectivity index (χ1n) is 17.9. The van der Waals surface area contributed by atoms with Crippen molar-refractivity contribution in [2.24, 2.45) is 17.8 Å². The Balaban J connectivity index is 1.09. The lowest BCUT2D eigenvalue weighted by atomic mass is 9.58. The van der Waals surface area contributed by atoms with E-state index in [-0.39, 0.29) is 35.8 Å². The van der Waals surface area contributed by atoms with Gasteiger partial charge in [0.2, 0.25) is 11.8 Å². The van der Waals surface area contributed by atoms with Crippen LogP contribution >= 0.6 is 0 Å². The lowest BCUT2D eigenvalue weighted by molar-refractivity contribution is -0.144. The minimum Gasteiger partial charge on any atom is -0.507 e. The standard InChI is InChI=1S/C41H47BN2O5/c1-26-22-34-38(41(47)44(40(34)46)33-16-18-43(19-17-33)25-29-10-6-4-7-11-29)35-24-42(48)49-36(37(26)35)15-14-32(31-12-8-5-9-13-31)23-30-20-27(2)39(45)28(3)21-30/h4-13,20-21,23,33-36,38,45,48H,14-19,22,24-25H2,1-3H3/b32-23-/t34-,35+,36-,38-/m1/s1. The van der Waals surface area contributed by atoms with Crippen LogP contribution in [0.25, 0.3) is 11.6 Å². The topological polar surface area (TPSA) is 90.3 Å². The maximum absolute atomic E-state index is 14.2. The Morgan fingerprint density at radius 2 is 1.57 bits per heavy atom. The number of likely N-dealkylation sites (tertiary alicyclic amines) is 2. The second-order valence-electron chi connectivity index (χ2n) is 14.6. The third-order valence-corrected chi connectivity index (χ3v) is 11.3. The van der Waals surface area contributed by atoms with E-state index in [9.17, 15) is 19.7 Å². The smallest absolute Gasteiger partial charge is 0.455 e. The number of imide groups is 1. The van der Waals surface area contributed by atoms with Gasteiger partial charge in [-0.2, -0.15) is 0 Å². The van der Waals surface area contributed by atoms with Crippen molar-refractivity contribution >= 4 is 30.6 Å². The summed E-state index contributed by atoms with van der Waals surface area (Å²) in [6.45, 7) is 8.50. The number of allylic oxidation sites excluding steroid dienone is 2. The number of carbonyl (C=O) groups is 2. The molecule has 3 heterocycles. The molecule has 0 radical (unpaired) electrons. The van der Waals surface area contributed by atoms with Crippen molar-refractivity contribution < 1.29 is 24.4 Å². The highest BCUT2D eigenvalue weighted by atomic mass is 16.5. The second kappa shape index (κ2) is 14.1. The van der Waals surface area contributed by atoms with Crippen LogP contribution in [0.1, 0.15) is 66.8 Å². The highest BCUT2D eigenvalue weighted by molar-refractivity contribution is 6.43. The number of nitrogens with zero attached hydrogens (tertiary/aromatic N) is 2.